The van der Waals surface area contributed by atoms with Crippen molar-refractivity contribution in [3.63, 3.8) is 0 Å². The summed E-state index contributed by atoms with van der Waals surface area (Å²) in [5.41, 5.74) is 1.02. The SMILES string of the molecule is Cc1nnnn1-c1ccc(F)c(NC(=O)c2cccnc2Nc2cccc(F)c2)c1. The van der Waals surface area contributed by atoms with Gasteiger partial charge in [-0.05, 0) is 65.9 Å². The van der Waals surface area contributed by atoms with Crippen molar-refractivity contribution in [1.29, 1.82) is 0 Å². The van der Waals surface area contributed by atoms with Crippen LogP contribution in [0.5, 0.6) is 0 Å². The van der Waals surface area contributed by atoms with E-state index in [2.05, 4.69) is 31.1 Å². The summed E-state index contributed by atoms with van der Waals surface area (Å²) in [6, 6.07) is 13.0. The van der Waals surface area contributed by atoms with Gasteiger partial charge >= 0.3 is 0 Å². The quantitative estimate of drug-likeness (QED) is 0.524. The Balaban J connectivity index is 1.61. The number of carbonyl (C=O) groups is 1. The van der Waals surface area contributed by atoms with Crippen LogP contribution in [0.1, 0.15) is 16.2 Å². The van der Waals surface area contributed by atoms with Crippen LogP contribution >= 0.6 is 0 Å². The van der Waals surface area contributed by atoms with Crippen molar-refractivity contribution in [2.45, 2.75) is 6.92 Å². The number of halogens is 2. The molecular weight excluding hydrogens is 392 g/mol. The van der Waals surface area contributed by atoms with Crippen molar-refractivity contribution < 1.29 is 13.6 Å². The number of anilines is 3. The summed E-state index contributed by atoms with van der Waals surface area (Å²) >= 11 is 0. The fourth-order valence-electron chi connectivity index (χ4n) is 2.79. The first-order valence-electron chi connectivity index (χ1n) is 8.85. The predicted octanol–water partition coefficient (Wildman–Crippen LogP) is 3.64. The Hall–Kier alpha value is -4.21. The molecule has 0 saturated carbocycles. The van der Waals surface area contributed by atoms with Crippen molar-refractivity contribution >= 4 is 23.1 Å². The number of aryl methyl sites for hydroxylation is 1. The molecule has 2 N–H and O–H groups in total. The van der Waals surface area contributed by atoms with E-state index in [0.29, 0.717) is 17.2 Å². The number of tetrazole rings is 1. The number of aromatic nitrogens is 5. The van der Waals surface area contributed by atoms with Crippen LogP contribution in [-0.2, 0) is 0 Å². The van der Waals surface area contributed by atoms with Crippen LogP contribution in [0, 0.1) is 18.6 Å². The zero-order chi connectivity index (χ0) is 21.1. The van der Waals surface area contributed by atoms with Gasteiger partial charge in [0.1, 0.15) is 17.5 Å². The van der Waals surface area contributed by atoms with E-state index in [4.69, 9.17) is 0 Å². The van der Waals surface area contributed by atoms with Gasteiger partial charge in [-0.1, -0.05) is 6.07 Å². The second kappa shape index (κ2) is 8.03. The third-order valence-corrected chi connectivity index (χ3v) is 4.21. The lowest BCUT2D eigenvalue weighted by Gasteiger charge is -2.12. The van der Waals surface area contributed by atoms with Gasteiger partial charge in [0.05, 0.1) is 16.9 Å². The van der Waals surface area contributed by atoms with Gasteiger partial charge in [-0.3, -0.25) is 4.79 Å². The molecule has 0 radical (unpaired) electrons. The van der Waals surface area contributed by atoms with Gasteiger partial charge in [0.2, 0.25) is 0 Å². The monoisotopic (exact) mass is 407 g/mol. The number of carbonyl (C=O) groups excluding carboxylic acids is 1. The van der Waals surface area contributed by atoms with E-state index in [9.17, 15) is 13.6 Å². The summed E-state index contributed by atoms with van der Waals surface area (Å²) in [7, 11) is 0. The molecule has 4 rings (SSSR count). The third-order valence-electron chi connectivity index (χ3n) is 4.21. The highest BCUT2D eigenvalue weighted by atomic mass is 19.1. The molecule has 0 aliphatic carbocycles. The van der Waals surface area contributed by atoms with Crippen LogP contribution in [0.15, 0.2) is 60.8 Å². The molecule has 2 aromatic carbocycles. The lowest BCUT2D eigenvalue weighted by molar-refractivity contribution is 0.102. The van der Waals surface area contributed by atoms with Gasteiger partial charge in [0.25, 0.3) is 5.91 Å². The molecule has 0 spiro atoms. The zero-order valence-corrected chi connectivity index (χ0v) is 15.7. The maximum Gasteiger partial charge on any atom is 0.259 e. The maximum atomic E-state index is 14.3. The molecule has 2 heterocycles. The largest absolute Gasteiger partial charge is 0.339 e. The van der Waals surface area contributed by atoms with E-state index in [1.807, 2.05) is 0 Å². The first kappa shape index (κ1) is 19.1. The second-order valence-electron chi connectivity index (χ2n) is 6.29. The van der Waals surface area contributed by atoms with E-state index in [-0.39, 0.29) is 17.1 Å². The van der Waals surface area contributed by atoms with Crippen molar-refractivity contribution in [3.8, 4) is 5.69 Å². The molecule has 2 aromatic heterocycles. The molecule has 8 nitrogen and oxygen atoms in total. The minimum atomic E-state index is -0.624. The number of benzene rings is 2. The number of pyridine rings is 1. The average molecular weight is 407 g/mol. The summed E-state index contributed by atoms with van der Waals surface area (Å²) in [4.78, 5) is 17.0. The zero-order valence-electron chi connectivity index (χ0n) is 15.7. The molecule has 30 heavy (non-hydrogen) atoms. The molecule has 0 unspecified atom stereocenters. The Bertz CT molecular complexity index is 1230. The number of nitrogens with zero attached hydrogens (tertiary/aromatic N) is 5. The number of amides is 1. The summed E-state index contributed by atoms with van der Waals surface area (Å²) in [5.74, 6) is -0.937. The van der Waals surface area contributed by atoms with E-state index in [1.54, 1.807) is 19.1 Å². The highest BCUT2D eigenvalue weighted by molar-refractivity contribution is 6.08. The number of rotatable bonds is 5. The lowest BCUT2D eigenvalue weighted by atomic mass is 10.2. The smallest absolute Gasteiger partial charge is 0.259 e. The molecule has 10 heteroatoms. The van der Waals surface area contributed by atoms with E-state index < -0.39 is 17.5 Å². The Kier molecular flexibility index (Phi) is 5.12. The summed E-state index contributed by atoms with van der Waals surface area (Å²) in [6.07, 6.45) is 1.49. The summed E-state index contributed by atoms with van der Waals surface area (Å²) in [5, 5.41) is 16.6. The van der Waals surface area contributed by atoms with Gasteiger partial charge in [0.15, 0.2) is 5.82 Å². The van der Waals surface area contributed by atoms with Crippen molar-refractivity contribution in [2.24, 2.45) is 0 Å². The molecule has 4 aromatic rings. The fraction of sp³-hybridized carbons (Fsp3) is 0.0500. The highest BCUT2D eigenvalue weighted by Gasteiger charge is 2.16. The predicted molar refractivity (Wildman–Crippen MR) is 106 cm³/mol. The number of hydrogen-bond donors (Lipinski definition) is 2. The Morgan fingerprint density at radius 3 is 2.70 bits per heavy atom. The minimum absolute atomic E-state index is 0.0482. The van der Waals surface area contributed by atoms with E-state index >= 15 is 0 Å². The number of nitrogens with one attached hydrogen (secondary N) is 2. The van der Waals surface area contributed by atoms with Crippen LogP contribution in [-0.4, -0.2) is 31.1 Å². The molecule has 1 amide bonds. The normalized spacial score (nSPS) is 10.6. The van der Waals surface area contributed by atoms with Crippen molar-refractivity contribution in [1.82, 2.24) is 25.2 Å². The molecule has 0 aliphatic rings. The lowest BCUT2D eigenvalue weighted by Crippen LogP contribution is -2.16. The molecular formula is C20H15F2N7O. The molecule has 0 atom stereocenters. The Morgan fingerprint density at radius 2 is 1.93 bits per heavy atom. The average Bonchev–Trinajstić information content (AvgIpc) is 3.16. The van der Waals surface area contributed by atoms with Gasteiger partial charge in [-0.2, -0.15) is 4.68 Å². The topological polar surface area (TPSA) is 97.6 Å². The molecule has 0 saturated heterocycles. The van der Waals surface area contributed by atoms with Crippen LogP contribution in [0.25, 0.3) is 5.69 Å². The molecule has 150 valence electrons. The van der Waals surface area contributed by atoms with Crippen molar-refractivity contribution in [2.75, 3.05) is 10.6 Å². The van der Waals surface area contributed by atoms with Gasteiger partial charge in [-0.15, -0.1) is 5.10 Å². The Morgan fingerprint density at radius 1 is 1.07 bits per heavy atom. The van der Waals surface area contributed by atoms with Crippen LogP contribution in [0.2, 0.25) is 0 Å². The number of hydrogen-bond acceptors (Lipinski definition) is 6. The van der Waals surface area contributed by atoms with Crippen LogP contribution in [0.3, 0.4) is 0 Å². The molecule has 0 aliphatic heterocycles. The van der Waals surface area contributed by atoms with E-state index in [0.717, 1.165) is 0 Å². The fourth-order valence-corrected chi connectivity index (χ4v) is 2.79. The maximum absolute atomic E-state index is 14.3. The standard InChI is InChI=1S/C20H15F2N7O/c1-12-26-27-28-29(12)15-7-8-17(22)18(11-15)25-20(30)16-6-3-9-23-19(16)24-14-5-2-4-13(21)10-14/h2-11H,1H3,(H,23,24)(H,25,30). The molecule has 0 fully saturated rings. The van der Waals surface area contributed by atoms with Crippen LogP contribution < -0.4 is 10.6 Å². The van der Waals surface area contributed by atoms with Crippen molar-refractivity contribution in [3.05, 3.63) is 83.8 Å². The van der Waals surface area contributed by atoms with E-state index in [1.165, 1.54) is 53.3 Å². The first-order valence-corrected chi connectivity index (χ1v) is 8.85. The Labute approximate surface area is 169 Å². The second-order valence-corrected chi connectivity index (χ2v) is 6.29. The third kappa shape index (κ3) is 3.97. The van der Waals surface area contributed by atoms with Crippen LogP contribution in [0.4, 0.5) is 26.0 Å². The van der Waals surface area contributed by atoms with Gasteiger partial charge in [0, 0.05) is 11.9 Å². The summed E-state index contributed by atoms with van der Waals surface area (Å²) in [6.45, 7) is 1.70. The van der Waals surface area contributed by atoms with Gasteiger partial charge in [-0.25, -0.2) is 13.8 Å². The molecule has 0 bridgehead atoms. The minimum Gasteiger partial charge on any atom is -0.339 e. The van der Waals surface area contributed by atoms with Gasteiger partial charge < -0.3 is 10.6 Å². The summed E-state index contributed by atoms with van der Waals surface area (Å²) < 4.78 is 29.2. The highest BCUT2D eigenvalue weighted by Crippen LogP contribution is 2.23. The first-order chi connectivity index (χ1) is 14.5.